The Balaban J connectivity index is 0.693. The Kier molecular flexibility index (Phi) is 12.5. The maximum Gasteiger partial charge on any atom is 0.255 e. The third kappa shape index (κ3) is 8.25. The molecule has 0 aromatic heterocycles. The van der Waals surface area contributed by atoms with Crippen LogP contribution >= 0.6 is 11.8 Å². The number of imide groups is 1. The van der Waals surface area contributed by atoms with E-state index in [-0.39, 0.29) is 36.5 Å². The van der Waals surface area contributed by atoms with E-state index in [0.717, 1.165) is 84.0 Å². The van der Waals surface area contributed by atoms with Gasteiger partial charge in [0.1, 0.15) is 12.6 Å². The number of benzene rings is 2. The van der Waals surface area contributed by atoms with Crippen molar-refractivity contribution < 1.29 is 33.4 Å². The standard InChI is InChI=1S/C49H55N7O7S/c1-4-31-25-35-37(49(2,3)46-44(45(35)59)34-9-8-30(27-50)24-38(34)51-46)26-40(31)54-14-12-32(13-15-54)53-16-18-55(19-17-53)43(58)29-63-21-20-62-22-23-64-41-7-5-6-33-36(41)28-56(48(33)61)39-10-11-42(57)52-47(39)60/h5-8,24-26,32,39H,4,9-23,28-29H2,1-3H3,(H,52,57,60). The maximum absolute atomic E-state index is 14.1. The number of fused-ring (bicyclic) bond motifs is 4. The van der Waals surface area contributed by atoms with Gasteiger partial charge in [0.05, 0.1) is 48.4 Å². The minimum absolute atomic E-state index is 0.00396. The number of amides is 4. The lowest BCUT2D eigenvalue weighted by Crippen LogP contribution is -2.55. The molecular weight excluding hydrogens is 831 g/mol. The molecule has 2 aliphatic carbocycles. The molecule has 2 aromatic carbocycles. The van der Waals surface area contributed by atoms with Crippen LogP contribution in [0.5, 0.6) is 0 Å². The van der Waals surface area contributed by atoms with Crippen molar-refractivity contribution in [3.05, 3.63) is 92.7 Å². The molecule has 5 heterocycles. The molecule has 0 bridgehead atoms. The first-order valence-corrected chi connectivity index (χ1v) is 23.6. The normalized spacial score (nSPS) is 22.1. The summed E-state index contributed by atoms with van der Waals surface area (Å²) < 4.78 is 11.5. The summed E-state index contributed by atoms with van der Waals surface area (Å²) in [5.41, 5.74) is 9.01. The summed E-state index contributed by atoms with van der Waals surface area (Å²) in [7, 11) is 0. The predicted octanol–water partition coefficient (Wildman–Crippen LogP) is 4.91. The Hall–Kier alpha value is -5.40. The predicted molar refractivity (Wildman–Crippen MR) is 242 cm³/mol. The smallest absolute Gasteiger partial charge is 0.255 e. The molecule has 2 aromatic rings. The van der Waals surface area contributed by atoms with Crippen LogP contribution in [0, 0.1) is 11.3 Å². The second-order valence-corrected chi connectivity index (χ2v) is 19.1. The average molecular weight is 886 g/mol. The van der Waals surface area contributed by atoms with E-state index in [1.165, 1.54) is 11.3 Å². The van der Waals surface area contributed by atoms with E-state index in [0.29, 0.717) is 80.8 Å². The number of aryl methyl sites for hydroxylation is 1. The Morgan fingerprint density at radius 2 is 1.77 bits per heavy atom. The van der Waals surface area contributed by atoms with Crippen LogP contribution in [0.1, 0.15) is 90.3 Å². The number of thioether (sulfide) groups is 1. The lowest BCUT2D eigenvalue weighted by molar-refractivity contribution is -0.139. The first kappa shape index (κ1) is 43.8. The molecule has 1 N–H and O–H groups in total. The Labute approximate surface area is 378 Å². The van der Waals surface area contributed by atoms with Crippen LogP contribution in [0.2, 0.25) is 0 Å². The van der Waals surface area contributed by atoms with E-state index in [1.54, 1.807) is 28.8 Å². The van der Waals surface area contributed by atoms with Crippen LogP contribution in [0.4, 0.5) is 5.69 Å². The van der Waals surface area contributed by atoms with Crippen molar-refractivity contribution in [3.8, 4) is 6.07 Å². The molecule has 15 heteroatoms. The van der Waals surface area contributed by atoms with Crippen molar-refractivity contribution in [2.24, 2.45) is 4.99 Å². The van der Waals surface area contributed by atoms with Crippen molar-refractivity contribution >= 4 is 52.6 Å². The quantitative estimate of drug-likeness (QED) is 0.165. The monoisotopic (exact) mass is 885 g/mol. The van der Waals surface area contributed by atoms with E-state index in [9.17, 15) is 29.2 Å². The van der Waals surface area contributed by atoms with E-state index >= 15 is 0 Å². The van der Waals surface area contributed by atoms with Gasteiger partial charge in [0.15, 0.2) is 5.78 Å². The molecule has 3 saturated heterocycles. The number of nitrogens with one attached hydrogen (secondary N) is 1. The molecule has 4 amide bonds. The number of carbonyl (C=O) groups excluding carboxylic acids is 5. The fraction of sp³-hybridized carbons (Fsp3) is 0.490. The van der Waals surface area contributed by atoms with Gasteiger partial charge in [-0.1, -0.05) is 32.9 Å². The highest BCUT2D eigenvalue weighted by molar-refractivity contribution is 7.99. The molecule has 5 aliphatic heterocycles. The molecule has 0 saturated carbocycles. The van der Waals surface area contributed by atoms with Gasteiger partial charge >= 0.3 is 0 Å². The zero-order valence-electron chi connectivity index (χ0n) is 36.9. The summed E-state index contributed by atoms with van der Waals surface area (Å²) in [6.07, 6.45) is 7.67. The van der Waals surface area contributed by atoms with Gasteiger partial charge in [0.2, 0.25) is 17.7 Å². The topological polar surface area (TPSA) is 165 Å². The first-order valence-electron chi connectivity index (χ1n) is 22.7. The number of anilines is 1. The molecule has 334 valence electrons. The molecule has 1 atom stereocenters. The lowest BCUT2D eigenvalue weighted by Gasteiger charge is -2.44. The lowest BCUT2D eigenvalue weighted by atomic mass is 9.67. The van der Waals surface area contributed by atoms with E-state index < -0.39 is 17.4 Å². The second kappa shape index (κ2) is 18.2. The molecule has 0 spiro atoms. The van der Waals surface area contributed by atoms with Gasteiger partial charge in [-0.3, -0.25) is 39.2 Å². The fourth-order valence-electron chi connectivity index (χ4n) is 10.4. The number of piperidine rings is 2. The number of piperazine rings is 1. The SMILES string of the molecule is CCc1cc2c(cc1N1CCC(N3CCN(C(=O)COCCOCCSc4cccc5c4CN(C4CCC(=O)NC4=O)C5=O)CC3)CC1)C(C)(C)C1=NC3=CC(C#N)=CCC3=C1C2=O. The summed E-state index contributed by atoms with van der Waals surface area (Å²) in [5.74, 6) is -0.202. The van der Waals surface area contributed by atoms with Crippen molar-refractivity contribution in [2.75, 3.05) is 76.3 Å². The molecule has 14 nitrogen and oxygen atoms in total. The molecule has 3 fully saturated rings. The highest BCUT2D eigenvalue weighted by atomic mass is 32.2. The van der Waals surface area contributed by atoms with Crippen molar-refractivity contribution in [1.82, 2.24) is 20.0 Å². The molecule has 0 radical (unpaired) electrons. The summed E-state index contributed by atoms with van der Waals surface area (Å²) in [6.45, 7) is 12.9. The highest BCUT2D eigenvalue weighted by Crippen LogP contribution is 2.47. The van der Waals surface area contributed by atoms with Gasteiger partial charge in [-0.05, 0) is 84.7 Å². The highest BCUT2D eigenvalue weighted by Gasteiger charge is 2.46. The van der Waals surface area contributed by atoms with Gasteiger partial charge < -0.3 is 24.2 Å². The molecule has 1 unspecified atom stereocenters. The van der Waals surface area contributed by atoms with Crippen LogP contribution in [-0.4, -0.2) is 133 Å². The number of Topliss-reactive ketones (excluding diaryl/α,β-unsaturated/α-hetero) is 1. The van der Waals surface area contributed by atoms with Crippen molar-refractivity contribution in [2.45, 2.75) is 88.2 Å². The number of hydrogen-bond acceptors (Lipinski definition) is 12. The number of nitriles is 1. The third-order valence-corrected chi connectivity index (χ3v) is 15.0. The van der Waals surface area contributed by atoms with Gasteiger partial charge in [-0.25, -0.2) is 0 Å². The van der Waals surface area contributed by atoms with Crippen LogP contribution < -0.4 is 10.2 Å². The largest absolute Gasteiger partial charge is 0.378 e. The summed E-state index contributed by atoms with van der Waals surface area (Å²) in [6, 6.07) is 12.0. The van der Waals surface area contributed by atoms with Crippen molar-refractivity contribution in [3.63, 3.8) is 0 Å². The second-order valence-electron chi connectivity index (χ2n) is 18.0. The number of hydrogen-bond donors (Lipinski definition) is 1. The molecule has 9 rings (SSSR count). The van der Waals surface area contributed by atoms with Gasteiger partial charge in [-0.2, -0.15) is 5.26 Å². The van der Waals surface area contributed by atoms with E-state index in [4.69, 9.17) is 14.5 Å². The van der Waals surface area contributed by atoms with Gasteiger partial charge in [0, 0.05) is 91.2 Å². The number of allylic oxidation sites excluding steroid dienone is 5. The summed E-state index contributed by atoms with van der Waals surface area (Å²) in [5, 5.41) is 11.8. The van der Waals surface area contributed by atoms with Gasteiger partial charge in [-0.15, -0.1) is 11.8 Å². The van der Waals surface area contributed by atoms with Crippen LogP contribution in [0.3, 0.4) is 0 Å². The Morgan fingerprint density at radius 1 is 0.984 bits per heavy atom. The number of carbonyl (C=O) groups is 5. The summed E-state index contributed by atoms with van der Waals surface area (Å²) in [4.78, 5) is 78.8. The minimum atomic E-state index is -0.641. The number of rotatable bonds is 13. The Bertz CT molecular complexity index is 2470. The number of aliphatic imine (C=N–C) groups is 1. The van der Waals surface area contributed by atoms with Gasteiger partial charge in [0.25, 0.3) is 5.91 Å². The van der Waals surface area contributed by atoms with Crippen LogP contribution in [0.15, 0.2) is 74.8 Å². The third-order valence-electron chi connectivity index (χ3n) is 14.0. The number of nitrogens with zero attached hydrogens (tertiary/aromatic N) is 6. The first-order chi connectivity index (χ1) is 31.0. The van der Waals surface area contributed by atoms with E-state index in [2.05, 4.69) is 54.1 Å². The maximum atomic E-state index is 14.1. The zero-order valence-corrected chi connectivity index (χ0v) is 37.7. The minimum Gasteiger partial charge on any atom is -0.378 e. The van der Waals surface area contributed by atoms with Crippen LogP contribution in [-0.2, 0) is 42.2 Å². The average Bonchev–Trinajstić information content (AvgIpc) is 3.87. The van der Waals surface area contributed by atoms with E-state index in [1.807, 2.05) is 23.1 Å². The van der Waals surface area contributed by atoms with Crippen LogP contribution in [0.25, 0.3) is 0 Å². The fourth-order valence-corrected chi connectivity index (χ4v) is 11.3. The zero-order chi connectivity index (χ0) is 44.7. The Morgan fingerprint density at radius 3 is 2.52 bits per heavy atom. The number of ether oxygens (including phenoxy) is 2. The summed E-state index contributed by atoms with van der Waals surface area (Å²) >= 11 is 1.60. The molecule has 64 heavy (non-hydrogen) atoms. The molecule has 7 aliphatic rings. The van der Waals surface area contributed by atoms with Crippen molar-refractivity contribution in [1.29, 1.82) is 5.26 Å². The number of ketones is 1. The molecular formula is C49H55N7O7S.